The average Bonchev–Trinajstić information content (AvgIpc) is 2.84. The van der Waals surface area contributed by atoms with Gasteiger partial charge >= 0.3 is 5.97 Å². The lowest BCUT2D eigenvalue weighted by molar-refractivity contribution is -0.180. The first-order chi connectivity index (χ1) is 9.77. The number of aromatic nitrogens is 2. The molecule has 0 saturated carbocycles. The van der Waals surface area contributed by atoms with Gasteiger partial charge in [-0.05, 0) is 27.7 Å². The van der Waals surface area contributed by atoms with E-state index in [0.29, 0.717) is 12.2 Å². The van der Waals surface area contributed by atoms with E-state index < -0.39 is 23.7 Å². The lowest BCUT2D eigenvalue weighted by atomic mass is 9.95. The molecule has 2 unspecified atom stereocenters. The molecule has 0 bridgehead atoms. The second-order valence-electron chi connectivity index (χ2n) is 6.05. The molecule has 2 heterocycles. The average molecular weight is 295 g/mol. The van der Waals surface area contributed by atoms with E-state index in [1.165, 1.54) is 0 Å². The van der Waals surface area contributed by atoms with E-state index in [4.69, 9.17) is 4.74 Å². The number of aliphatic carboxylic acids is 1. The van der Waals surface area contributed by atoms with Crippen molar-refractivity contribution in [3.8, 4) is 0 Å². The van der Waals surface area contributed by atoms with Crippen molar-refractivity contribution < 1.29 is 19.4 Å². The van der Waals surface area contributed by atoms with Crippen LogP contribution in [0, 0.1) is 0 Å². The lowest BCUT2D eigenvalue weighted by Crippen LogP contribution is -2.58. The highest BCUT2D eigenvalue weighted by atomic mass is 16.5. The maximum Gasteiger partial charge on any atom is 0.335 e. The van der Waals surface area contributed by atoms with Crippen LogP contribution in [0.25, 0.3) is 0 Å². The van der Waals surface area contributed by atoms with E-state index >= 15 is 0 Å². The number of carboxylic acid groups (broad SMARTS) is 1. The third kappa shape index (κ3) is 2.78. The summed E-state index contributed by atoms with van der Waals surface area (Å²) in [5, 5.41) is 9.45. The molecule has 1 aliphatic rings. The van der Waals surface area contributed by atoms with Crippen molar-refractivity contribution in [3.05, 3.63) is 18.2 Å². The topological polar surface area (TPSA) is 84.7 Å². The molecule has 116 valence electrons. The van der Waals surface area contributed by atoms with Crippen molar-refractivity contribution in [2.75, 3.05) is 6.61 Å². The van der Waals surface area contributed by atoms with Gasteiger partial charge in [0, 0.05) is 12.1 Å². The zero-order valence-electron chi connectivity index (χ0n) is 12.7. The summed E-state index contributed by atoms with van der Waals surface area (Å²) in [4.78, 5) is 29.5. The molecule has 1 saturated heterocycles. The maximum atomic E-state index is 12.3. The van der Waals surface area contributed by atoms with Crippen molar-refractivity contribution in [1.82, 2.24) is 14.5 Å². The molecule has 7 heteroatoms. The van der Waals surface area contributed by atoms with Gasteiger partial charge in [0.05, 0.1) is 18.2 Å². The Hall–Kier alpha value is -1.89. The first-order valence-corrected chi connectivity index (χ1v) is 6.94. The summed E-state index contributed by atoms with van der Waals surface area (Å²) in [5.41, 5.74) is 0.162. The number of nitrogens with zero attached hydrogens (tertiary/aromatic N) is 3. The Labute approximate surface area is 123 Å². The minimum Gasteiger partial charge on any atom is -0.479 e. The molecule has 2 rings (SSSR count). The van der Waals surface area contributed by atoms with Crippen LogP contribution in [0.5, 0.6) is 0 Å². The van der Waals surface area contributed by atoms with Crippen LogP contribution in [0.4, 0.5) is 0 Å². The van der Waals surface area contributed by atoms with Gasteiger partial charge in [-0.1, -0.05) is 0 Å². The van der Waals surface area contributed by atoms with Crippen molar-refractivity contribution in [1.29, 1.82) is 0 Å². The van der Waals surface area contributed by atoms with E-state index in [1.54, 1.807) is 17.4 Å². The largest absolute Gasteiger partial charge is 0.479 e. The van der Waals surface area contributed by atoms with Gasteiger partial charge in [-0.25, -0.2) is 9.78 Å². The molecule has 1 aromatic heterocycles. The van der Waals surface area contributed by atoms with Gasteiger partial charge in [-0.15, -0.1) is 0 Å². The molecule has 1 amide bonds. The SMILES string of the molecule is CCn1cncc1C1C(C(=O)O)OCC(=O)N1C(C)(C)C. The Balaban J connectivity index is 2.54. The van der Waals surface area contributed by atoms with Crippen LogP contribution in [-0.4, -0.2) is 49.7 Å². The summed E-state index contributed by atoms with van der Waals surface area (Å²) in [6.07, 6.45) is 2.14. The minimum atomic E-state index is -1.09. The fourth-order valence-corrected chi connectivity index (χ4v) is 2.74. The van der Waals surface area contributed by atoms with Crippen LogP contribution < -0.4 is 0 Å². The number of imidazole rings is 1. The predicted octanol–water partition coefficient (Wildman–Crippen LogP) is 1.05. The van der Waals surface area contributed by atoms with Crippen LogP contribution in [0.3, 0.4) is 0 Å². The van der Waals surface area contributed by atoms with Gasteiger partial charge in [-0.3, -0.25) is 4.79 Å². The summed E-state index contributed by atoms with van der Waals surface area (Å²) in [7, 11) is 0. The van der Waals surface area contributed by atoms with Crippen LogP contribution in [-0.2, 0) is 20.9 Å². The molecular weight excluding hydrogens is 274 g/mol. The molecular formula is C14H21N3O4. The third-order valence-corrected chi connectivity index (χ3v) is 3.57. The van der Waals surface area contributed by atoms with Crippen molar-refractivity contribution >= 4 is 11.9 Å². The zero-order chi connectivity index (χ0) is 15.8. The second-order valence-corrected chi connectivity index (χ2v) is 6.05. The minimum absolute atomic E-state index is 0.214. The van der Waals surface area contributed by atoms with Crippen LogP contribution >= 0.6 is 0 Å². The summed E-state index contributed by atoms with van der Waals surface area (Å²) in [5.74, 6) is -1.29. The first kappa shape index (κ1) is 15.5. The van der Waals surface area contributed by atoms with E-state index in [9.17, 15) is 14.7 Å². The second kappa shape index (κ2) is 5.48. The van der Waals surface area contributed by atoms with Crippen LogP contribution in [0.15, 0.2) is 12.5 Å². The number of carbonyl (C=O) groups excluding carboxylic acids is 1. The first-order valence-electron chi connectivity index (χ1n) is 6.94. The van der Waals surface area contributed by atoms with Gasteiger partial charge in [0.15, 0.2) is 6.10 Å². The fourth-order valence-electron chi connectivity index (χ4n) is 2.74. The summed E-state index contributed by atoms with van der Waals surface area (Å²) in [6, 6.07) is -0.689. The molecule has 0 aromatic carbocycles. The molecule has 2 atom stereocenters. The maximum absolute atomic E-state index is 12.3. The number of ether oxygens (including phenoxy) is 1. The highest BCUT2D eigenvalue weighted by Crippen LogP contribution is 2.35. The number of carbonyl (C=O) groups is 2. The van der Waals surface area contributed by atoms with Gasteiger partial charge in [0.2, 0.25) is 5.91 Å². The van der Waals surface area contributed by atoms with E-state index in [2.05, 4.69) is 4.98 Å². The van der Waals surface area contributed by atoms with Crippen molar-refractivity contribution in [3.63, 3.8) is 0 Å². The lowest BCUT2D eigenvalue weighted by Gasteiger charge is -2.46. The molecule has 0 spiro atoms. The Bertz CT molecular complexity index is 547. The number of hydrogen-bond acceptors (Lipinski definition) is 4. The van der Waals surface area contributed by atoms with Gasteiger partial charge in [0.1, 0.15) is 12.6 Å². The summed E-state index contributed by atoms with van der Waals surface area (Å²) >= 11 is 0. The number of morpholine rings is 1. The number of amides is 1. The Morgan fingerprint density at radius 3 is 2.71 bits per heavy atom. The van der Waals surface area contributed by atoms with Crippen molar-refractivity contribution in [2.24, 2.45) is 0 Å². The number of carboxylic acids is 1. The monoisotopic (exact) mass is 295 g/mol. The zero-order valence-corrected chi connectivity index (χ0v) is 12.7. The van der Waals surface area contributed by atoms with Crippen LogP contribution in [0.1, 0.15) is 39.4 Å². The Morgan fingerprint density at radius 2 is 2.19 bits per heavy atom. The summed E-state index contributed by atoms with van der Waals surface area (Å²) < 4.78 is 7.12. The van der Waals surface area contributed by atoms with E-state index in [0.717, 1.165) is 0 Å². The normalized spacial score (nSPS) is 23.4. The molecule has 7 nitrogen and oxygen atoms in total. The Morgan fingerprint density at radius 1 is 1.52 bits per heavy atom. The number of hydrogen-bond donors (Lipinski definition) is 1. The number of aryl methyl sites for hydroxylation is 1. The molecule has 1 fully saturated rings. The highest BCUT2D eigenvalue weighted by Gasteiger charge is 2.47. The highest BCUT2D eigenvalue weighted by molar-refractivity contribution is 5.83. The van der Waals surface area contributed by atoms with E-state index in [1.807, 2.05) is 32.3 Å². The molecule has 1 N–H and O–H groups in total. The van der Waals surface area contributed by atoms with Gasteiger partial charge in [0.25, 0.3) is 0 Å². The van der Waals surface area contributed by atoms with Gasteiger partial charge in [-0.2, -0.15) is 0 Å². The fraction of sp³-hybridized carbons (Fsp3) is 0.643. The molecule has 0 aliphatic carbocycles. The smallest absolute Gasteiger partial charge is 0.335 e. The van der Waals surface area contributed by atoms with Crippen LogP contribution in [0.2, 0.25) is 0 Å². The predicted molar refractivity (Wildman–Crippen MR) is 74.6 cm³/mol. The molecule has 21 heavy (non-hydrogen) atoms. The molecule has 1 aromatic rings. The molecule has 1 aliphatic heterocycles. The summed E-state index contributed by atoms with van der Waals surface area (Å²) in [6.45, 7) is 8.02. The third-order valence-electron chi connectivity index (χ3n) is 3.57. The van der Waals surface area contributed by atoms with Gasteiger partial charge < -0.3 is 19.3 Å². The number of rotatable bonds is 3. The Kier molecular flexibility index (Phi) is 4.04. The quantitative estimate of drug-likeness (QED) is 0.901. The van der Waals surface area contributed by atoms with E-state index in [-0.39, 0.29) is 12.5 Å². The van der Waals surface area contributed by atoms with Crippen molar-refractivity contribution in [2.45, 2.75) is 51.9 Å². The molecule has 0 radical (unpaired) electrons. The standard InChI is InChI=1S/C14H21N3O4/c1-5-16-8-15-6-9(16)11-12(13(19)20)21-7-10(18)17(11)14(2,3)4/h6,8,11-12H,5,7H2,1-4H3,(H,19,20).